The Morgan fingerprint density at radius 2 is 1.97 bits per heavy atom. The van der Waals surface area contributed by atoms with E-state index in [1.807, 2.05) is 38.6 Å². The van der Waals surface area contributed by atoms with Gasteiger partial charge in [-0.25, -0.2) is 4.98 Å². The summed E-state index contributed by atoms with van der Waals surface area (Å²) in [5.74, 6) is 1.15. The van der Waals surface area contributed by atoms with Crippen molar-refractivity contribution < 1.29 is 0 Å². The molecule has 146 valence electrons. The molecule has 4 aromatic rings. The Kier molecular flexibility index (Phi) is 4.27. The molecule has 0 saturated carbocycles. The second-order valence-electron chi connectivity index (χ2n) is 7.83. The molecule has 5 rings (SSSR count). The van der Waals surface area contributed by atoms with E-state index in [-0.39, 0.29) is 0 Å². The number of hydrogen-bond donors (Lipinski definition) is 0. The maximum absolute atomic E-state index is 5.06. The Morgan fingerprint density at radius 1 is 1.07 bits per heavy atom. The lowest BCUT2D eigenvalue weighted by molar-refractivity contribution is 0.429. The Labute approximate surface area is 170 Å². The Bertz CT molecular complexity index is 1190. The van der Waals surface area contributed by atoms with E-state index in [0.717, 1.165) is 58.3 Å². The van der Waals surface area contributed by atoms with E-state index in [2.05, 4.69) is 45.8 Å². The standard InChI is InChI=1S/C23H24N6/c1-15-6-4-8-19(26-15)22-23(29-16(2)7-5-9-21(29)27-22)17-10-11-24-20(12-17)18-13-25-28(3)14-18/h4,6,8,10-14,16H,5,7,9H2,1-3H3/t16-/m1/s1. The van der Waals surface area contributed by atoms with Crippen molar-refractivity contribution in [1.29, 1.82) is 0 Å². The number of hydrogen-bond acceptors (Lipinski definition) is 4. The quantitative estimate of drug-likeness (QED) is 0.517. The van der Waals surface area contributed by atoms with Crippen LogP contribution >= 0.6 is 0 Å². The molecule has 0 amide bonds. The van der Waals surface area contributed by atoms with Crippen molar-refractivity contribution >= 4 is 0 Å². The monoisotopic (exact) mass is 384 g/mol. The highest BCUT2D eigenvalue weighted by Gasteiger charge is 2.26. The van der Waals surface area contributed by atoms with Crippen molar-refractivity contribution in [2.45, 2.75) is 39.2 Å². The van der Waals surface area contributed by atoms with Crippen molar-refractivity contribution in [3.63, 3.8) is 0 Å². The van der Waals surface area contributed by atoms with Crippen LogP contribution in [0.2, 0.25) is 0 Å². The zero-order valence-corrected chi connectivity index (χ0v) is 17.0. The van der Waals surface area contributed by atoms with Gasteiger partial charge in [-0.3, -0.25) is 14.6 Å². The van der Waals surface area contributed by atoms with Gasteiger partial charge in [0.05, 0.1) is 23.3 Å². The van der Waals surface area contributed by atoms with Gasteiger partial charge in [-0.1, -0.05) is 6.07 Å². The summed E-state index contributed by atoms with van der Waals surface area (Å²) < 4.78 is 4.21. The van der Waals surface area contributed by atoms with E-state index in [1.165, 1.54) is 6.42 Å². The zero-order chi connectivity index (χ0) is 20.0. The van der Waals surface area contributed by atoms with E-state index >= 15 is 0 Å². The summed E-state index contributed by atoms with van der Waals surface area (Å²) in [4.78, 5) is 14.4. The highest BCUT2D eigenvalue weighted by atomic mass is 15.2. The van der Waals surface area contributed by atoms with Crippen LogP contribution < -0.4 is 0 Å². The van der Waals surface area contributed by atoms with E-state index in [9.17, 15) is 0 Å². The minimum Gasteiger partial charge on any atom is -0.325 e. The van der Waals surface area contributed by atoms with Crippen molar-refractivity contribution in [2.75, 3.05) is 0 Å². The smallest absolute Gasteiger partial charge is 0.115 e. The van der Waals surface area contributed by atoms with Crippen LogP contribution in [0, 0.1) is 6.92 Å². The lowest BCUT2D eigenvalue weighted by atomic mass is 10.0. The van der Waals surface area contributed by atoms with Gasteiger partial charge in [0.2, 0.25) is 0 Å². The summed E-state index contributed by atoms with van der Waals surface area (Å²) in [6, 6.07) is 10.8. The molecular weight excluding hydrogens is 360 g/mol. The van der Waals surface area contributed by atoms with Crippen molar-refractivity contribution in [3.8, 4) is 33.9 Å². The topological polar surface area (TPSA) is 61.4 Å². The van der Waals surface area contributed by atoms with Gasteiger partial charge in [0.25, 0.3) is 0 Å². The van der Waals surface area contributed by atoms with Gasteiger partial charge in [-0.05, 0) is 51.0 Å². The lowest BCUT2D eigenvalue weighted by Crippen LogP contribution is -2.16. The van der Waals surface area contributed by atoms with Gasteiger partial charge >= 0.3 is 0 Å². The molecule has 0 spiro atoms. The van der Waals surface area contributed by atoms with Crippen LogP contribution in [0.25, 0.3) is 33.9 Å². The normalized spacial score (nSPS) is 16.0. The molecule has 4 aromatic heterocycles. The molecule has 1 aliphatic rings. The van der Waals surface area contributed by atoms with Crippen LogP contribution in [-0.2, 0) is 13.5 Å². The molecule has 6 nitrogen and oxygen atoms in total. The predicted molar refractivity (Wildman–Crippen MR) is 113 cm³/mol. The molecule has 1 atom stereocenters. The molecule has 6 heteroatoms. The molecule has 0 unspecified atom stereocenters. The van der Waals surface area contributed by atoms with Crippen LogP contribution in [0.1, 0.15) is 37.3 Å². The summed E-state index contributed by atoms with van der Waals surface area (Å²) in [6.45, 7) is 4.30. The number of fused-ring (bicyclic) bond motifs is 1. The number of pyridine rings is 2. The molecule has 0 bridgehead atoms. The van der Waals surface area contributed by atoms with Crippen LogP contribution in [0.15, 0.2) is 48.9 Å². The van der Waals surface area contributed by atoms with Gasteiger partial charge in [0, 0.05) is 48.7 Å². The number of nitrogens with zero attached hydrogens (tertiary/aromatic N) is 6. The molecule has 0 fully saturated rings. The Hall–Kier alpha value is -3.28. The first-order valence-corrected chi connectivity index (χ1v) is 10.1. The first-order chi connectivity index (χ1) is 14.1. The molecule has 0 aliphatic carbocycles. The molecular formula is C23H24N6. The van der Waals surface area contributed by atoms with Crippen LogP contribution in [0.3, 0.4) is 0 Å². The maximum Gasteiger partial charge on any atom is 0.115 e. The van der Waals surface area contributed by atoms with E-state index < -0.39 is 0 Å². The van der Waals surface area contributed by atoms with Crippen LogP contribution in [0.5, 0.6) is 0 Å². The molecule has 0 aromatic carbocycles. The van der Waals surface area contributed by atoms with E-state index in [4.69, 9.17) is 9.97 Å². The third-order valence-electron chi connectivity index (χ3n) is 5.61. The minimum atomic E-state index is 0.412. The van der Waals surface area contributed by atoms with Crippen LogP contribution in [0.4, 0.5) is 0 Å². The molecule has 0 saturated heterocycles. The number of aromatic nitrogens is 6. The summed E-state index contributed by atoms with van der Waals surface area (Å²) in [6.07, 6.45) is 9.06. The zero-order valence-electron chi connectivity index (χ0n) is 17.0. The van der Waals surface area contributed by atoms with Gasteiger partial charge in [0.15, 0.2) is 0 Å². The Morgan fingerprint density at radius 3 is 2.76 bits per heavy atom. The predicted octanol–water partition coefficient (Wildman–Crippen LogP) is 4.61. The largest absolute Gasteiger partial charge is 0.325 e. The first kappa shape index (κ1) is 17.8. The fraction of sp³-hybridized carbons (Fsp3) is 0.304. The summed E-state index contributed by atoms with van der Waals surface area (Å²) in [7, 11) is 1.92. The molecule has 5 heterocycles. The number of aryl methyl sites for hydroxylation is 3. The Balaban J connectivity index is 1.73. The van der Waals surface area contributed by atoms with Gasteiger partial charge in [0.1, 0.15) is 11.5 Å². The minimum absolute atomic E-state index is 0.412. The third-order valence-corrected chi connectivity index (χ3v) is 5.61. The van der Waals surface area contributed by atoms with Crippen LogP contribution in [-0.4, -0.2) is 29.3 Å². The fourth-order valence-electron chi connectivity index (χ4n) is 4.23. The summed E-state index contributed by atoms with van der Waals surface area (Å²) >= 11 is 0. The van der Waals surface area contributed by atoms with Crippen molar-refractivity contribution in [3.05, 3.63) is 60.4 Å². The fourth-order valence-corrected chi connectivity index (χ4v) is 4.23. The maximum atomic E-state index is 5.06. The van der Waals surface area contributed by atoms with Gasteiger partial charge < -0.3 is 4.57 Å². The third kappa shape index (κ3) is 3.14. The SMILES string of the molecule is Cc1cccc(-c2nc3n(c2-c2ccnc(-c4cnn(C)c4)c2)[C@H](C)CCC3)n1. The second-order valence-corrected chi connectivity index (χ2v) is 7.83. The average Bonchev–Trinajstić information content (AvgIpc) is 3.33. The van der Waals surface area contributed by atoms with E-state index in [1.54, 1.807) is 4.68 Å². The number of imidazole rings is 1. The summed E-state index contributed by atoms with van der Waals surface area (Å²) in [5, 5.41) is 4.29. The summed E-state index contributed by atoms with van der Waals surface area (Å²) in [5.41, 5.74) is 7.06. The average molecular weight is 384 g/mol. The lowest BCUT2D eigenvalue weighted by Gasteiger charge is -2.24. The second kappa shape index (κ2) is 6.95. The molecule has 0 N–H and O–H groups in total. The number of rotatable bonds is 3. The highest BCUT2D eigenvalue weighted by Crippen LogP contribution is 2.38. The molecule has 29 heavy (non-hydrogen) atoms. The first-order valence-electron chi connectivity index (χ1n) is 10.1. The van der Waals surface area contributed by atoms with Gasteiger partial charge in [-0.2, -0.15) is 5.10 Å². The van der Waals surface area contributed by atoms with Crippen molar-refractivity contribution in [1.82, 2.24) is 29.3 Å². The van der Waals surface area contributed by atoms with Gasteiger partial charge in [-0.15, -0.1) is 0 Å². The van der Waals surface area contributed by atoms with E-state index in [0.29, 0.717) is 6.04 Å². The van der Waals surface area contributed by atoms with Crippen molar-refractivity contribution in [2.24, 2.45) is 7.05 Å². The molecule has 1 aliphatic heterocycles. The highest BCUT2D eigenvalue weighted by molar-refractivity contribution is 5.79. The molecule has 0 radical (unpaired) electrons.